The van der Waals surface area contributed by atoms with Crippen molar-refractivity contribution in [3.05, 3.63) is 29.8 Å². The van der Waals surface area contributed by atoms with E-state index in [1.54, 1.807) is 24.3 Å². The first-order valence-electron chi connectivity index (χ1n) is 4.62. The first kappa shape index (κ1) is 12.2. The number of sulfonamides is 1. The molecular weight excluding hydrogens is 214 g/mol. The van der Waals surface area contributed by atoms with E-state index in [-0.39, 0.29) is 4.90 Å². The average molecular weight is 229 g/mol. The fourth-order valence-electron chi connectivity index (χ4n) is 1.19. The largest absolute Gasteiger partial charge is 0.290 e. The van der Waals surface area contributed by atoms with Crippen molar-refractivity contribution in [3.8, 4) is 0 Å². The van der Waals surface area contributed by atoms with E-state index in [0.29, 0.717) is 5.92 Å². The van der Waals surface area contributed by atoms with Crippen LogP contribution in [0.5, 0.6) is 0 Å². The molecular formula is C10H15NO3S. The van der Waals surface area contributed by atoms with Crippen LogP contribution in [0.1, 0.15) is 25.3 Å². The van der Waals surface area contributed by atoms with Gasteiger partial charge in [-0.25, -0.2) is 8.42 Å². The number of benzene rings is 1. The van der Waals surface area contributed by atoms with Gasteiger partial charge in [-0.1, -0.05) is 30.9 Å². The maximum Gasteiger partial charge on any atom is 0.262 e. The second-order valence-electron chi connectivity index (χ2n) is 3.51. The molecule has 0 saturated carbocycles. The minimum Gasteiger partial charge on any atom is -0.290 e. The highest BCUT2D eigenvalue weighted by Crippen LogP contribution is 2.16. The molecule has 4 nitrogen and oxygen atoms in total. The molecule has 0 aliphatic carbocycles. The summed E-state index contributed by atoms with van der Waals surface area (Å²) in [4.78, 5) is 6.56. The standard InChI is InChI=1S/C10H15NO3S/c1-8(2)9-4-6-10(7-5-9)15(12,13)11-14-3/h4-8,11H,1-3H3. The Labute approximate surface area is 90.3 Å². The van der Waals surface area contributed by atoms with Crippen LogP contribution in [0.2, 0.25) is 0 Å². The van der Waals surface area contributed by atoms with E-state index >= 15 is 0 Å². The van der Waals surface area contributed by atoms with E-state index in [9.17, 15) is 8.42 Å². The van der Waals surface area contributed by atoms with Gasteiger partial charge < -0.3 is 0 Å². The van der Waals surface area contributed by atoms with Crippen molar-refractivity contribution < 1.29 is 13.3 Å². The molecule has 84 valence electrons. The minimum absolute atomic E-state index is 0.203. The van der Waals surface area contributed by atoms with Gasteiger partial charge >= 0.3 is 0 Å². The van der Waals surface area contributed by atoms with E-state index in [1.807, 2.05) is 4.89 Å². The molecule has 0 aromatic heterocycles. The van der Waals surface area contributed by atoms with Crippen molar-refractivity contribution in [2.45, 2.75) is 24.7 Å². The molecule has 0 heterocycles. The molecule has 0 unspecified atom stereocenters. The van der Waals surface area contributed by atoms with Crippen LogP contribution < -0.4 is 4.89 Å². The quantitative estimate of drug-likeness (QED) is 0.799. The summed E-state index contributed by atoms with van der Waals surface area (Å²) >= 11 is 0. The summed E-state index contributed by atoms with van der Waals surface area (Å²) in [5, 5.41) is 0. The molecule has 0 saturated heterocycles. The van der Waals surface area contributed by atoms with E-state index in [4.69, 9.17) is 0 Å². The molecule has 0 amide bonds. The molecule has 1 rings (SSSR count). The lowest BCUT2D eigenvalue weighted by Crippen LogP contribution is -2.22. The second kappa shape index (κ2) is 4.74. The summed E-state index contributed by atoms with van der Waals surface area (Å²) < 4.78 is 23.0. The van der Waals surface area contributed by atoms with Gasteiger partial charge in [-0.05, 0) is 23.6 Å². The lowest BCUT2D eigenvalue weighted by Gasteiger charge is -2.07. The molecule has 0 radical (unpaired) electrons. The van der Waals surface area contributed by atoms with Crippen molar-refractivity contribution in [3.63, 3.8) is 0 Å². The maximum atomic E-state index is 11.5. The molecule has 0 bridgehead atoms. The van der Waals surface area contributed by atoms with Gasteiger partial charge in [0.05, 0.1) is 12.0 Å². The fraction of sp³-hybridized carbons (Fsp3) is 0.400. The molecule has 0 spiro atoms. The summed E-state index contributed by atoms with van der Waals surface area (Å²) in [6.07, 6.45) is 0. The molecule has 15 heavy (non-hydrogen) atoms. The smallest absolute Gasteiger partial charge is 0.262 e. The summed E-state index contributed by atoms with van der Waals surface area (Å²) in [5.74, 6) is 0.386. The van der Waals surface area contributed by atoms with Gasteiger partial charge in [0, 0.05) is 0 Å². The van der Waals surface area contributed by atoms with Crippen LogP contribution in [-0.2, 0) is 14.9 Å². The van der Waals surface area contributed by atoms with Crippen LogP contribution in [0.4, 0.5) is 0 Å². The molecule has 5 heteroatoms. The van der Waals surface area contributed by atoms with Gasteiger partial charge in [0.1, 0.15) is 0 Å². The van der Waals surface area contributed by atoms with Crippen molar-refractivity contribution in [2.75, 3.05) is 7.11 Å². The molecule has 0 atom stereocenters. The lowest BCUT2D eigenvalue weighted by molar-refractivity contribution is 0.153. The highest BCUT2D eigenvalue weighted by Gasteiger charge is 2.13. The Bertz CT molecular complexity index is 409. The highest BCUT2D eigenvalue weighted by molar-refractivity contribution is 7.89. The normalized spacial score (nSPS) is 12.0. The Morgan fingerprint density at radius 1 is 1.20 bits per heavy atom. The van der Waals surface area contributed by atoms with Gasteiger partial charge in [0.2, 0.25) is 0 Å². The Balaban J connectivity index is 2.99. The van der Waals surface area contributed by atoms with Crippen LogP contribution in [0.25, 0.3) is 0 Å². The van der Waals surface area contributed by atoms with Crippen molar-refractivity contribution in [1.82, 2.24) is 4.89 Å². The monoisotopic (exact) mass is 229 g/mol. The Kier molecular flexibility index (Phi) is 3.84. The minimum atomic E-state index is -3.53. The molecule has 1 aromatic carbocycles. The average Bonchev–Trinajstić information content (AvgIpc) is 2.18. The molecule has 0 fully saturated rings. The number of nitrogens with one attached hydrogen (secondary N) is 1. The van der Waals surface area contributed by atoms with Crippen LogP contribution >= 0.6 is 0 Å². The van der Waals surface area contributed by atoms with Gasteiger partial charge in [-0.3, -0.25) is 4.84 Å². The highest BCUT2D eigenvalue weighted by atomic mass is 32.2. The van der Waals surface area contributed by atoms with Gasteiger partial charge in [-0.2, -0.15) is 0 Å². The zero-order chi connectivity index (χ0) is 11.5. The third-order valence-corrected chi connectivity index (χ3v) is 3.33. The van der Waals surface area contributed by atoms with Crippen LogP contribution in [-0.4, -0.2) is 15.5 Å². The van der Waals surface area contributed by atoms with Gasteiger partial charge in [0.25, 0.3) is 10.0 Å². The summed E-state index contributed by atoms with van der Waals surface area (Å²) in [7, 11) is -2.26. The predicted molar refractivity (Wildman–Crippen MR) is 57.9 cm³/mol. The third kappa shape index (κ3) is 3.02. The molecule has 1 N–H and O–H groups in total. The van der Waals surface area contributed by atoms with E-state index in [0.717, 1.165) is 5.56 Å². The Morgan fingerprint density at radius 3 is 2.13 bits per heavy atom. The van der Waals surface area contributed by atoms with E-state index in [1.165, 1.54) is 7.11 Å². The topological polar surface area (TPSA) is 55.4 Å². The molecule has 0 aliphatic rings. The third-order valence-electron chi connectivity index (χ3n) is 2.05. The van der Waals surface area contributed by atoms with Crippen LogP contribution in [0.15, 0.2) is 29.2 Å². The van der Waals surface area contributed by atoms with E-state index < -0.39 is 10.0 Å². The zero-order valence-electron chi connectivity index (χ0n) is 9.02. The van der Waals surface area contributed by atoms with Crippen LogP contribution in [0, 0.1) is 0 Å². The SMILES string of the molecule is CONS(=O)(=O)c1ccc(C(C)C)cc1. The van der Waals surface area contributed by atoms with Gasteiger partial charge in [0.15, 0.2) is 0 Å². The molecule has 0 aliphatic heterocycles. The summed E-state index contributed by atoms with van der Waals surface area (Å²) in [6, 6.07) is 6.73. The summed E-state index contributed by atoms with van der Waals surface area (Å²) in [5.41, 5.74) is 1.10. The summed E-state index contributed by atoms with van der Waals surface area (Å²) in [6.45, 7) is 4.10. The number of hydrogen-bond acceptors (Lipinski definition) is 3. The van der Waals surface area contributed by atoms with E-state index in [2.05, 4.69) is 18.7 Å². The number of rotatable bonds is 4. The maximum absolute atomic E-state index is 11.5. The first-order chi connectivity index (χ1) is 6.97. The molecule has 1 aromatic rings. The second-order valence-corrected chi connectivity index (χ2v) is 5.16. The Hall–Kier alpha value is -0.910. The van der Waals surface area contributed by atoms with Gasteiger partial charge in [-0.15, -0.1) is 0 Å². The van der Waals surface area contributed by atoms with Crippen molar-refractivity contribution >= 4 is 10.0 Å². The van der Waals surface area contributed by atoms with Crippen molar-refractivity contribution in [1.29, 1.82) is 0 Å². The van der Waals surface area contributed by atoms with Crippen molar-refractivity contribution in [2.24, 2.45) is 0 Å². The predicted octanol–water partition coefficient (Wildman–Crippen LogP) is 1.65. The van der Waals surface area contributed by atoms with Crippen LogP contribution in [0.3, 0.4) is 0 Å². The lowest BCUT2D eigenvalue weighted by atomic mass is 10.0. The zero-order valence-corrected chi connectivity index (χ0v) is 9.84. The number of hydrogen-bond donors (Lipinski definition) is 1. The Morgan fingerprint density at radius 2 is 1.73 bits per heavy atom. The first-order valence-corrected chi connectivity index (χ1v) is 6.10. The fourth-order valence-corrected chi connectivity index (χ4v) is 2.00.